The molecule has 0 bridgehead atoms. The lowest BCUT2D eigenvalue weighted by molar-refractivity contribution is 0.241. The maximum atomic E-state index is 13.1. The maximum absolute atomic E-state index is 13.1. The van der Waals surface area contributed by atoms with E-state index < -0.39 is 0 Å². The Morgan fingerprint density at radius 3 is 2.61 bits per heavy atom. The number of aromatic amines is 1. The fraction of sp³-hybridized carbons (Fsp3) is 0.500. The fourth-order valence-electron chi connectivity index (χ4n) is 3.87. The summed E-state index contributed by atoms with van der Waals surface area (Å²) >= 11 is 0. The van der Waals surface area contributed by atoms with Crippen LogP contribution >= 0.6 is 0 Å². The summed E-state index contributed by atoms with van der Waals surface area (Å²) in [7, 11) is 1.64. The predicted octanol–water partition coefficient (Wildman–Crippen LogP) is 2.46. The number of pyridine rings is 1. The van der Waals surface area contributed by atoms with Gasteiger partial charge in [-0.1, -0.05) is 0 Å². The average molecular weight is 382 g/mol. The molecule has 148 valence electrons. The number of methoxy groups -OCH3 is 1. The third-order valence-electron chi connectivity index (χ3n) is 5.25. The molecule has 1 atom stereocenters. The Bertz CT molecular complexity index is 1040. The minimum absolute atomic E-state index is 0.113. The van der Waals surface area contributed by atoms with Gasteiger partial charge in [0.15, 0.2) is 5.82 Å². The average Bonchev–Trinajstić information content (AvgIpc) is 3.34. The molecule has 0 saturated carbocycles. The van der Waals surface area contributed by atoms with E-state index in [9.17, 15) is 4.79 Å². The number of hydrogen-bond acceptors (Lipinski definition) is 6. The van der Waals surface area contributed by atoms with Crippen molar-refractivity contribution in [1.82, 2.24) is 30.1 Å². The van der Waals surface area contributed by atoms with Crippen molar-refractivity contribution in [2.75, 3.05) is 20.2 Å². The van der Waals surface area contributed by atoms with Gasteiger partial charge in [0, 0.05) is 16.5 Å². The summed E-state index contributed by atoms with van der Waals surface area (Å²) in [6.07, 6.45) is 2.21. The number of aromatic nitrogens is 5. The van der Waals surface area contributed by atoms with Crippen LogP contribution in [0.4, 0.5) is 0 Å². The minimum atomic E-state index is -0.295. The van der Waals surface area contributed by atoms with Crippen molar-refractivity contribution in [3.63, 3.8) is 0 Å². The third kappa shape index (κ3) is 3.28. The van der Waals surface area contributed by atoms with E-state index in [1.54, 1.807) is 7.11 Å². The van der Waals surface area contributed by atoms with Gasteiger partial charge < -0.3 is 9.72 Å². The first kappa shape index (κ1) is 18.6. The number of benzene rings is 1. The third-order valence-corrected chi connectivity index (χ3v) is 5.25. The van der Waals surface area contributed by atoms with Gasteiger partial charge in [0.1, 0.15) is 11.8 Å². The molecule has 1 N–H and O–H groups in total. The lowest BCUT2D eigenvalue weighted by Crippen LogP contribution is -2.36. The Morgan fingerprint density at radius 2 is 1.93 bits per heavy atom. The molecule has 1 aliphatic heterocycles. The SMILES string of the molecule is COc1ccc2[nH]c(=O)c([C@H](c3nnnn3C(C)(C)C)N3CCCC3)cc2c1. The number of tetrazole rings is 1. The van der Waals surface area contributed by atoms with E-state index in [1.807, 2.05) is 28.9 Å². The number of likely N-dealkylation sites (tertiary alicyclic amines) is 1. The molecule has 1 saturated heterocycles. The van der Waals surface area contributed by atoms with Crippen LogP contribution in [-0.4, -0.2) is 50.3 Å². The van der Waals surface area contributed by atoms with Gasteiger partial charge in [-0.15, -0.1) is 5.10 Å². The molecule has 4 rings (SSSR count). The quantitative estimate of drug-likeness (QED) is 0.746. The molecule has 0 radical (unpaired) electrons. The van der Waals surface area contributed by atoms with Crippen LogP contribution < -0.4 is 10.3 Å². The summed E-state index contributed by atoms with van der Waals surface area (Å²) in [5.41, 5.74) is 1.04. The lowest BCUT2D eigenvalue weighted by Gasteiger charge is -2.29. The summed E-state index contributed by atoms with van der Waals surface area (Å²) in [5.74, 6) is 1.45. The Hall–Kier alpha value is -2.74. The highest BCUT2D eigenvalue weighted by atomic mass is 16.5. The zero-order valence-electron chi connectivity index (χ0n) is 16.8. The van der Waals surface area contributed by atoms with E-state index >= 15 is 0 Å². The first-order chi connectivity index (χ1) is 13.4. The Kier molecular flexibility index (Phi) is 4.66. The van der Waals surface area contributed by atoms with E-state index in [4.69, 9.17) is 4.74 Å². The van der Waals surface area contributed by atoms with Crippen LogP contribution in [0.3, 0.4) is 0 Å². The highest BCUT2D eigenvalue weighted by Crippen LogP contribution is 2.32. The van der Waals surface area contributed by atoms with Crippen molar-refractivity contribution < 1.29 is 4.74 Å². The Labute approximate surface area is 163 Å². The molecular formula is C20H26N6O2. The van der Waals surface area contributed by atoms with Crippen molar-refractivity contribution in [3.8, 4) is 5.75 Å². The van der Waals surface area contributed by atoms with E-state index in [-0.39, 0.29) is 17.1 Å². The van der Waals surface area contributed by atoms with Crippen molar-refractivity contribution in [3.05, 3.63) is 46.0 Å². The molecule has 3 heterocycles. The van der Waals surface area contributed by atoms with Crippen LogP contribution in [0.1, 0.15) is 51.0 Å². The molecule has 0 spiro atoms. The first-order valence-electron chi connectivity index (χ1n) is 9.62. The monoisotopic (exact) mass is 382 g/mol. The Balaban J connectivity index is 1.91. The molecule has 1 aliphatic rings. The summed E-state index contributed by atoms with van der Waals surface area (Å²) in [5, 5.41) is 13.4. The number of nitrogens with one attached hydrogen (secondary N) is 1. The zero-order chi connectivity index (χ0) is 19.9. The van der Waals surface area contributed by atoms with Crippen molar-refractivity contribution >= 4 is 10.9 Å². The van der Waals surface area contributed by atoms with Gasteiger partial charge in [-0.2, -0.15) is 0 Å². The molecule has 0 unspecified atom stereocenters. The van der Waals surface area contributed by atoms with E-state index in [1.165, 1.54) is 0 Å². The molecule has 2 aromatic heterocycles. The molecule has 8 heteroatoms. The van der Waals surface area contributed by atoms with Gasteiger partial charge >= 0.3 is 0 Å². The molecular weight excluding hydrogens is 356 g/mol. The molecule has 8 nitrogen and oxygen atoms in total. The van der Waals surface area contributed by atoms with Crippen LogP contribution in [0.15, 0.2) is 29.1 Å². The summed E-state index contributed by atoms with van der Waals surface area (Å²) in [4.78, 5) is 18.4. The van der Waals surface area contributed by atoms with Crippen LogP contribution in [0.5, 0.6) is 5.75 Å². The van der Waals surface area contributed by atoms with E-state index in [2.05, 4.69) is 46.2 Å². The number of ether oxygens (including phenoxy) is 1. The topological polar surface area (TPSA) is 88.9 Å². The highest BCUT2D eigenvalue weighted by Gasteiger charge is 2.34. The molecule has 3 aromatic rings. The van der Waals surface area contributed by atoms with Gasteiger partial charge in [0.05, 0.1) is 12.6 Å². The van der Waals surface area contributed by atoms with Crippen molar-refractivity contribution in [2.24, 2.45) is 0 Å². The molecule has 1 aromatic carbocycles. The molecule has 1 fully saturated rings. The minimum Gasteiger partial charge on any atom is -0.497 e. The van der Waals surface area contributed by atoms with Crippen molar-refractivity contribution in [1.29, 1.82) is 0 Å². The summed E-state index contributed by atoms with van der Waals surface area (Å²) in [6, 6.07) is 7.29. The summed E-state index contributed by atoms with van der Waals surface area (Å²) < 4.78 is 7.17. The largest absolute Gasteiger partial charge is 0.497 e. The number of rotatable bonds is 4. The van der Waals surface area contributed by atoms with Gasteiger partial charge in [-0.3, -0.25) is 9.69 Å². The molecule has 0 amide bonds. The van der Waals surface area contributed by atoms with Crippen LogP contribution in [0.2, 0.25) is 0 Å². The van der Waals surface area contributed by atoms with Crippen molar-refractivity contribution in [2.45, 2.75) is 45.2 Å². The van der Waals surface area contributed by atoms with Crippen LogP contribution in [0, 0.1) is 0 Å². The van der Waals surface area contributed by atoms with Gasteiger partial charge in [0.25, 0.3) is 5.56 Å². The smallest absolute Gasteiger partial charge is 0.253 e. The van der Waals surface area contributed by atoms with E-state index in [0.717, 1.165) is 42.6 Å². The van der Waals surface area contributed by atoms with Gasteiger partial charge in [-0.25, -0.2) is 4.68 Å². The van der Waals surface area contributed by atoms with E-state index in [0.29, 0.717) is 11.4 Å². The number of hydrogen-bond donors (Lipinski definition) is 1. The zero-order valence-corrected chi connectivity index (χ0v) is 16.8. The van der Waals surface area contributed by atoms with Gasteiger partial charge in [-0.05, 0) is 81.4 Å². The second-order valence-electron chi connectivity index (χ2n) is 8.27. The number of nitrogens with zero attached hydrogens (tertiary/aromatic N) is 5. The second-order valence-corrected chi connectivity index (χ2v) is 8.27. The Morgan fingerprint density at radius 1 is 1.18 bits per heavy atom. The second kappa shape index (κ2) is 7.01. The fourth-order valence-corrected chi connectivity index (χ4v) is 3.87. The predicted molar refractivity (Wildman–Crippen MR) is 107 cm³/mol. The number of fused-ring (bicyclic) bond motifs is 1. The highest BCUT2D eigenvalue weighted by molar-refractivity contribution is 5.80. The normalized spacial score (nSPS) is 16.6. The lowest BCUT2D eigenvalue weighted by atomic mass is 10.0. The van der Waals surface area contributed by atoms with Gasteiger partial charge in [0.2, 0.25) is 0 Å². The maximum Gasteiger partial charge on any atom is 0.253 e. The van der Waals surface area contributed by atoms with Crippen LogP contribution in [-0.2, 0) is 5.54 Å². The first-order valence-corrected chi connectivity index (χ1v) is 9.62. The standard InChI is InChI=1S/C20H26N6O2/c1-20(2,3)26-18(22-23-24-26)17(25-9-5-6-10-25)15-12-13-11-14(28-4)7-8-16(13)21-19(15)27/h7-8,11-12,17H,5-6,9-10H2,1-4H3,(H,21,27)/t17-/m1/s1. The summed E-state index contributed by atoms with van der Waals surface area (Å²) in [6.45, 7) is 8.00. The number of H-pyrrole nitrogens is 1. The molecule has 0 aliphatic carbocycles. The van der Waals surface area contributed by atoms with Crippen LogP contribution in [0.25, 0.3) is 10.9 Å². The molecule has 28 heavy (non-hydrogen) atoms.